The van der Waals surface area contributed by atoms with Crippen molar-refractivity contribution in [1.29, 1.82) is 0 Å². The summed E-state index contributed by atoms with van der Waals surface area (Å²) in [4.78, 5) is 16.7. The number of ether oxygens (including phenoxy) is 2. The molecule has 2 aromatic carbocycles. The van der Waals surface area contributed by atoms with Gasteiger partial charge in [-0.3, -0.25) is 4.79 Å². The van der Waals surface area contributed by atoms with Gasteiger partial charge in [-0.05, 0) is 48.4 Å². The summed E-state index contributed by atoms with van der Waals surface area (Å²) in [5.74, 6) is 2.06. The summed E-state index contributed by atoms with van der Waals surface area (Å²) >= 11 is 0. The molecule has 0 unspecified atom stereocenters. The standard InChI is InChI=1S/C22H23N3O3/c1-27-19-8-5-7-17(14-19)22(26)25-18-10-11-21(24-15-18)23-13-12-16-6-3-4-9-20(16)28-2/h3-11,14-15H,12-13H2,1-2H3,(H,23,24)(H,25,26). The molecular weight excluding hydrogens is 354 g/mol. The van der Waals surface area contributed by atoms with Crippen LogP contribution in [0.4, 0.5) is 11.5 Å². The predicted molar refractivity (Wildman–Crippen MR) is 110 cm³/mol. The Balaban J connectivity index is 1.54. The van der Waals surface area contributed by atoms with Crippen LogP contribution < -0.4 is 20.1 Å². The number of nitrogens with zero attached hydrogens (tertiary/aromatic N) is 1. The maximum absolute atomic E-state index is 12.3. The van der Waals surface area contributed by atoms with Crippen molar-refractivity contribution in [2.24, 2.45) is 0 Å². The highest BCUT2D eigenvalue weighted by Gasteiger charge is 2.08. The van der Waals surface area contributed by atoms with Crippen molar-refractivity contribution in [3.05, 3.63) is 78.0 Å². The van der Waals surface area contributed by atoms with Crippen molar-refractivity contribution in [2.45, 2.75) is 6.42 Å². The minimum Gasteiger partial charge on any atom is -0.497 e. The third-order valence-electron chi connectivity index (χ3n) is 4.25. The number of nitrogens with one attached hydrogen (secondary N) is 2. The second-order valence-electron chi connectivity index (χ2n) is 6.11. The zero-order valence-corrected chi connectivity index (χ0v) is 15.9. The van der Waals surface area contributed by atoms with Gasteiger partial charge in [-0.1, -0.05) is 24.3 Å². The maximum atomic E-state index is 12.3. The number of pyridine rings is 1. The quantitative estimate of drug-likeness (QED) is 0.621. The monoisotopic (exact) mass is 377 g/mol. The molecule has 0 bridgehead atoms. The molecule has 144 valence electrons. The molecular formula is C22H23N3O3. The lowest BCUT2D eigenvalue weighted by Crippen LogP contribution is -2.12. The lowest BCUT2D eigenvalue weighted by atomic mass is 10.1. The van der Waals surface area contributed by atoms with Gasteiger partial charge in [0.25, 0.3) is 5.91 Å². The number of benzene rings is 2. The van der Waals surface area contributed by atoms with Crippen molar-refractivity contribution < 1.29 is 14.3 Å². The molecule has 0 fully saturated rings. The minimum absolute atomic E-state index is 0.211. The number of methoxy groups -OCH3 is 2. The van der Waals surface area contributed by atoms with Gasteiger partial charge >= 0.3 is 0 Å². The minimum atomic E-state index is -0.211. The van der Waals surface area contributed by atoms with Gasteiger partial charge in [-0.15, -0.1) is 0 Å². The maximum Gasteiger partial charge on any atom is 0.255 e. The van der Waals surface area contributed by atoms with E-state index in [1.807, 2.05) is 36.4 Å². The molecule has 0 saturated carbocycles. The SMILES string of the molecule is COc1cccc(C(=O)Nc2ccc(NCCc3ccccc3OC)nc2)c1. The van der Waals surface area contributed by atoms with E-state index < -0.39 is 0 Å². The first kappa shape index (κ1) is 19.2. The first-order valence-corrected chi connectivity index (χ1v) is 8.97. The van der Waals surface area contributed by atoms with Crippen molar-refractivity contribution >= 4 is 17.4 Å². The summed E-state index contributed by atoms with van der Waals surface area (Å²) in [5.41, 5.74) is 2.29. The molecule has 2 N–H and O–H groups in total. The largest absolute Gasteiger partial charge is 0.497 e. The number of carbonyl (C=O) groups excluding carboxylic acids is 1. The first-order valence-electron chi connectivity index (χ1n) is 8.97. The van der Waals surface area contributed by atoms with Crippen molar-refractivity contribution in [3.63, 3.8) is 0 Å². The van der Waals surface area contributed by atoms with Crippen LogP contribution in [0, 0.1) is 0 Å². The zero-order valence-electron chi connectivity index (χ0n) is 15.9. The van der Waals surface area contributed by atoms with Crippen LogP contribution in [0.25, 0.3) is 0 Å². The van der Waals surface area contributed by atoms with E-state index in [1.165, 1.54) is 0 Å². The summed E-state index contributed by atoms with van der Waals surface area (Å²) < 4.78 is 10.5. The van der Waals surface area contributed by atoms with Crippen LogP contribution in [0.15, 0.2) is 66.9 Å². The Labute approximate surface area is 164 Å². The summed E-state index contributed by atoms with van der Waals surface area (Å²) in [7, 11) is 3.24. The molecule has 3 rings (SSSR count). The Morgan fingerprint density at radius 2 is 1.86 bits per heavy atom. The molecule has 1 heterocycles. The average Bonchev–Trinajstić information content (AvgIpc) is 2.75. The van der Waals surface area contributed by atoms with Crippen LogP contribution in [0.1, 0.15) is 15.9 Å². The first-order chi connectivity index (χ1) is 13.7. The molecule has 1 amide bonds. The number of carbonyl (C=O) groups is 1. The van der Waals surface area contributed by atoms with Crippen molar-refractivity contribution in [3.8, 4) is 11.5 Å². The lowest BCUT2D eigenvalue weighted by Gasteiger charge is -2.10. The summed E-state index contributed by atoms with van der Waals surface area (Å²) in [5, 5.41) is 6.11. The van der Waals surface area contributed by atoms with E-state index >= 15 is 0 Å². The average molecular weight is 377 g/mol. The molecule has 0 aliphatic heterocycles. The van der Waals surface area contributed by atoms with E-state index in [1.54, 1.807) is 44.7 Å². The second kappa shape index (κ2) is 9.41. The van der Waals surface area contributed by atoms with Gasteiger partial charge < -0.3 is 20.1 Å². The van der Waals surface area contributed by atoms with Crippen LogP contribution in [0.2, 0.25) is 0 Å². The van der Waals surface area contributed by atoms with Crippen LogP contribution in [0.3, 0.4) is 0 Å². The molecule has 0 spiro atoms. The Morgan fingerprint density at radius 3 is 2.61 bits per heavy atom. The van der Waals surface area contributed by atoms with Crippen LogP contribution in [-0.2, 0) is 6.42 Å². The van der Waals surface area contributed by atoms with Crippen molar-refractivity contribution in [1.82, 2.24) is 4.98 Å². The fraction of sp³-hybridized carbons (Fsp3) is 0.182. The van der Waals surface area contributed by atoms with Crippen LogP contribution in [0.5, 0.6) is 11.5 Å². The molecule has 28 heavy (non-hydrogen) atoms. The normalized spacial score (nSPS) is 10.2. The number of amides is 1. The van der Waals surface area contributed by atoms with E-state index in [2.05, 4.69) is 15.6 Å². The molecule has 0 aliphatic carbocycles. The highest BCUT2D eigenvalue weighted by Crippen LogP contribution is 2.18. The van der Waals surface area contributed by atoms with Crippen LogP contribution >= 0.6 is 0 Å². The van der Waals surface area contributed by atoms with E-state index in [4.69, 9.17) is 9.47 Å². The summed E-state index contributed by atoms with van der Waals surface area (Å²) in [6.07, 6.45) is 2.45. The molecule has 6 nitrogen and oxygen atoms in total. The highest BCUT2D eigenvalue weighted by atomic mass is 16.5. The van der Waals surface area contributed by atoms with E-state index in [-0.39, 0.29) is 5.91 Å². The molecule has 0 saturated heterocycles. The molecule has 0 aliphatic rings. The van der Waals surface area contributed by atoms with Gasteiger partial charge in [0.05, 0.1) is 26.1 Å². The molecule has 0 atom stereocenters. The van der Waals surface area contributed by atoms with E-state index in [0.29, 0.717) is 17.0 Å². The number of hydrogen-bond acceptors (Lipinski definition) is 5. The third-order valence-corrected chi connectivity index (χ3v) is 4.25. The molecule has 6 heteroatoms. The van der Waals surface area contributed by atoms with E-state index in [9.17, 15) is 4.79 Å². The fourth-order valence-electron chi connectivity index (χ4n) is 2.77. The summed E-state index contributed by atoms with van der Waals surface area (Å²) in [6, 6.07) is 18.6. The topological polar surface area (TPSA) is 72.5 Å². The third kappa shape index (κ3) is 5.01. The van der Waals surface area contributed by atoms with Crippen molar-refractivity contribution in [2.75, 3.05) is 31.4 Å². The number of para-hydroxylation sites is 1. The Hall–Kier alpha value is -3.54. The Bertz CT molecular complexity index is 926. The Morgan fingerprint density at radius 1 is 1.00 bits per heavy atom. The second-order valence-corrected chi connectivity index (χ2v) is 6.11. The number of anilines is 2. The Kier molecular flexibility index (Phi) is 6.46. The van der Waals surface area contributed by atoms with Gasteiger partial charge in [0.15, 0.2) is 0 Å². The number of rotatable bonds is 8. The smallest absolute Gasteiger partial charge is 0.255 e. The number of aromatic nitrogens is 1. The highest BCUT2D eigenvalue weighted by molar-refractivity contribution is 6.04. The number of hydrogen-bond donors (Lipinski definition) is 2. The molecule has 0 radical (unpaired) electrons. The predicted octanol–water partition coefficient (Wildman–Crippen LogP) is 4.01. The van der Waals surface area contributed by atoms with Gasteiger partial charge in [-0.25, -0.2) is 4.98 Å². The molecule has 1 aromatic heterocycles. The van der Waals surface area contributed by atoms with Gasteiger partial charge in [0.1, 0.15) is 17.3 Å². The van der Waals surface area contributed by atoms with Gasteiger partial charge in [0.2, 0.25) is 0 Å². The summed E-state index contributed by atoms with van der Waals surface area (Å²) in [6.45, 7) is 0.725. The molecule has 3 aromatic rings. The van der Waals surface area contributed by atoms with E-state index in [0.717, 1.165) is 30.1 Å². The van der Waals surface area contributed by atoms with Gasteiger partial charge in [-0.2, -0.15) is 0 Å². The fourth-order valence-corrected chi connectivity index (χ4v) is 2.77. The van der Waals surface area contributed by atoms with Gasteiger partial charge in [0, 0.05) is 12.1 Å². The lowest BCUT2D eigenvalue weighted by molar-refractivity contribution is 0.102. The zero-order chi connectivity index (χ0) is 19.8. The van der Waals surface area contributed by atoms with Crippen LogP contribution in [-0.4, -0.2) is 31.7 Å².